The number of hydrogen-bond donors (Lipinski definition) is 0. The summed E-state index contributed by atoms with van der Waals surface area (Å²) in [6.45, 7) is 10.3. The van der Waals surface area contributed by atoms with Crippen LogP contribution in [0, 0.1) is 69.9 Å². The first-order valence-corrected chi connectivity index (χ1v) is 44.4. The summed E-state index contributed by atoms with van der Waals surface area (Å²) in [6, 6.07) is 153. The number of aryl methyl sites for hydroxylation is 3. The molecule has 0 atom stereocenters. The first-order chi connectivity index (χ1) is 70.1. The number of rotatable bonds is 11. The molecule has 0 fully saturated rings. The van der Waals surface area contributed by atoms with Crippen LogP contribution in [0.15, 0.2) is 505 Å². The molecule has 0 bridgehead atoms. The summed E-state index contributed by atoms with van der Waals surface area (Å²) in [7, 11) is 0. The van der Waals surface area contributed by atoms with Crippen molar-refractivity contribution in [1.82, 2.24) is 34.9 Å². The van der Waals surface area contributed by atoms with Gasteiger partial charge in [0.25, 0.3) is 0 Å². The van der Waals surface area contributed by atoms with Crippen molar-refractivity contribution in [2.75, 3.05) is 9.80 Å². The third-order valence-corrected chi connectivity index (χ3v) is 21.7. The molecule has 11 heterocycles. The number of hydrogen-bond acceptors (Lipinski definition) is 9. The first kappa shape index (κ1) is 93.9. The molecule has 3 aliphatic rings. The number of fused-ring (bicyclic) bond motifs is 6. The van der Waals surface area contributed by atoms with E-state index in [1.807, 2.05) is 286 Å². The van der Waals surface area contributed by atoms with Gasteiger partial charge in [-0.25, -0.2) is 4.57 Å². The SMILES string of the molecule is Cc1cc(-c2[c-]cccc2)ncc1-c1ccccc1.Cc1cc[n+]2c(n1)-c1ccccc1C2.Cc1ccccc1-c1ccc(-c2[c-]cccc2)nc1.[2H]c1[c-]c(-c2ncc([2H])c([2H])c2[2H])c([2H])c([2H])c1[2H].[Ir+3].[Ir].[Ir].[Ir].[c-]1ccccc1-c1ccccn1.[c-]1ccccc1-c1ccccn1.[c-]1ccccc1-c1ccccn1.[c-]1ccccc1N1C=CN(c2ccccc2)[CH-]1.c1ccc(-c2ccc3c(c2)-c2cccc[n+]2C3)cc1. The van der Waals surface area contributed by atoms with Crippen LogP contribution in [0.1, 0.15) is 37.5 Å². The molecule has 0 spiro atoms. The molecule has 15 heteroatoms. The Bertz CT molecular complexity index is 7370. The molecule has 0 saturated carbocycles. The monoisotopic (exact) mass is 2530 g/mol. The van der Waals surface area contributed by atoms with Crippen LogP contribution in [0.2, 0.25) is 0 Å². The molecule has 3 radical (unpaired) electrons. The molecule has 0 aliphatic carbocycles. The second-order valence-corrected chi connectivity index (χ2v) is 31.0. The number of aromatic nitrogens is 9. The fourth-order valence-corrected chi connectivity index (χ4v) is 14.9. The van der Waals surface area contributed by atoms with Gasteiger partial charge in [-0.15, -0.1) is 228 Å². The largest absolute Gasteiger partial charge is 3.00 e. The molecule has 24 rings (SSSR count). The Morgan fingerprint density at radius 1 is 0.307 bits per heavy atom. The van der Waals surface area contributed by atoms with Gasteiger partial charge in [0.05, 0.1) is 21.4 Å². The van der Waals surface area contributed by atoms with Gasteiger partial charge >= 0.3 is 25.9 Å². The molecule has 3 aliphatic heterocycles. The molecule has 140 heavy (non-hydrogen) atoms. The Morgan fingerprint density at radius 3 is 1.34 bits per heavy atom. The van der Waals surface area contributed by atoms with Crippen molar-refractivity contribution < 1.29 is 99.2 Å². The average molecular weight is 2530 g/mol. The van der Waals surface area contributed by atoms with Crippen LogP contribution in [0.4, 0.5) is 11.4 Å². The van der Waals surface area contributed by atoms with Crippen LogP contribution in [0.3, 0.4) is 0 Å². The van der Waals surface area contributed by atoms with Crippen molar-refractivity contribution in [2.45, 2.75) is 33.9 Å². The first-order valence-electron chi connectivity index (χ1n) is 47.9. The third-order valence-electron chi connectivity index (χ3n) is 21.7. The molecular weight excluding hydrogens is 2420 g/mol. The molecular formula is C125H97Ir4N11-3. The Labute approximate surface area is 886 Å². The number of benzene rings is 13. The molecule has 0 unspecified atom stereocenters. The minimum atomic E-state index is -0.443. The maximum Gasteiger partial charge on any atom is 3.00 e. The van der Waals surface area contributed by atoms with Gasteiger partial charge in [0.2, 0.25) is 5.69 Å². The van der Waals surface area contributed by atoms with Crippen LogP contribution in [-0.4, -0.2) is 34.9 Å². The fraction of sp³-hybridized carbons (Fsp3) is 0.0400. The quantitative estimate of drug-likeness (QED) is 0.0925. The Hall–Kier alpha value is -15.1. The van der Waals surface area contributed by atoms with Gasteiger partial charge in [-0.05, 0) is 162 Å². The summed E-state index contributed by atoms with van der Waals surface area (Å²) >= 11 is 0. The smallest absolute Gasteiger partial charge is 0.500 e. The maximum absolute atomic E-state index is 7.74. The molecule has 0 saturated heterocycles. The zero-order valence-corrected chi connectivity index (χ0v) is 86.2. The van der Waals surface area contributed by atoms with Gasteiger partial charge in [0, 0.05) is 148 Å². The molecule has 0 N–H and O–H groups in total. The third kappa shape index (κ3) is 29.7. The van der Waals surface area contributed by atoms with Crippen molar-refractivity contribution in [3.8, 4) is 124 Å². The Kier molecular flexibility index (Phi) is 37.1. The molecule has 0 amide bonds. The van der Waals surface area contributed by atoms with Gasteiger partial charge in [-0.3, -0.25) is 0 Å². The van der Waals surface area contributed by atoms with E-state index >= 15 is 0 Å². The Morgan fingerprint density at radius 2 is 0.786 bits per heavy atom. The summed E-state index contributed by atoms with van der Waals surface area (Å²) in [4.78, 5) is 34.2. The minimum Gasteiger partial charge on any atom is -0.500 e. The van der Waals surface area contributed by atoms with Crippen molar-refractivity contribution in [1.29, 1.82) is 0 Å². The van der Waals surface area contributed by atoms with Crippen molar-refractivity contribution in [3.05, 3.63) is 582 Å². The van der Waals surface area contributed by atoms with Crippen molar-refractivity contribution in [2.24, 2.45) is 0 Å². The van der Waals surface area contributed by atoms with E-state index in [2.05, 4.69) is 275 Å². The van der Waals surface area contributed by atoms with Crippen LogP contribution < -0.4 is 18.9 Å². The van der Waals surface area contributed by atoms with Crippen molar-refractivity contribution >= 4 is 11.4 Å². The average Bonchev–Trinajstić information content (AvgIpc) is 1.60. The second kappa shape index (κ2) is 55.4. The zero-order chi connectivity index (χ0) is 98.9. The van der Waals surface area contributed by atoms with Crippen LogP contribution in [0.25, 0.3) is 124 Å². The van der Waals surface area contributed by atoms with Crippen LogP contribution in [0.5, 0.6) is 0 Å². The Balaban J connectivity index is 0.000000147. The van der Waals surface area contributed by atoms with Gasteiger partial charge in [0.1, 0.15) is 6.54 Å². The zero-order valence-electron chi connectivity index (χ0n) is 83.6. The predicted octanol–water partition coefficient (Wildman–Crippen LogP) is 28.0. The van der Waals surface area contributed by atoms with Crippen LogP contribution in [-0.2, 0) is 93.5 Å². The number of nitrogens with zero attached hydrogens (tertiary/aromatic N) is 11. The van der Waals surface area contributed by atoms with Gasteiger partial charge < -0.3 is 39.7 Å². The van der Waals surface area contributed by atoms with Gasteiger partial charge in [-0.2, -0.15) is 34.9 Å². The summed E-state index contributed by atoms with van der Waals surface area (Å²) < 4.78 is 57.3. The summed E-state index contributed by atoms with van der Waals surface area (Å²) in [5.41, 5.74) is 29.7. The van der Waals surface area contributed by atoms with Crippen molar-refractivity contribution in [3.63, 3.8) is 0 Å². The van der Waals surface area contributed by atoms with Gasteiger partial charge in [0.15, 0.2) is 18.4 Å². The normalized spacial score (nSPS) is 11.4. The van der Waals surface area contributed by atoms with E-state index in [9.17, 15) is 0 Å². The van der Waals surface area contributed by atoms with Crippen LogP contribution >= 0.6 is 0 Å². The van der Waals surface area contributed by atoms with E-state index in [1.165, 1.54) is 66.9 Å². The maximum atomic E-state index is 7.74. The van der Waals surface area contributed by atoms with Gasteiger partial charge in [-0.1, -0.05) is 200 Å². The summed E-state index contributed by atoms with van der Waals surface area (Å²) in [5, 5.41) is 0. The summed E-state index contributed by atoms with van der Waals surface area (Å²) in [5.74, 6) is 1.10. The summed E-state index contributed by atoms with van der Waals surface area (Å²) in [6.07, 6.45) is 18.6. The van der Waals surface area contributed by atoms with E-state index < -0.39 is 12.1 Å². The number of para-hydroxylation sites is 2. The topological polar surface area (TPSA) is 104 Å². The minimum absolute atomic E-state index is 0. The molecule has 691 valence electrons. The van der Waals surface area contributed by atoms with E-state index in [0.29, 0.717) is 0 Å². The van der Waals surface area contributed by atoms with E-state index in [-0.39, 0.29) is 122 Å². The molecule has 13 aromatic carbocycles. The van der Waals surface area contributed by atoms with E-state index in [1.54, 1.807) is 18.6 Å². The fourth-order valence-electron chi connectivity index (χ4n) is 14.9. The molecule has 8 aromatic heterocycles. The molecule has 21 aromatic rings. The predicted molar refractivity (Wildman–Crippen MR) is 552 cm³/mol. The number of pyridine rings is 7. The van der Waals surface area contributed by atoms with E-state index in [0.717, 1.165) is 104 Å². The molecule has 11 nitrogen and oxygen atoms in total. The standard InChI is InChI=1S/3C18H14N.C15H12N2.C12H11N2.4C11H8N.4Ir/c1-2-6-14(7-3-1)15-9-10-16-13-19-11-5-4-8-18(19)17(16)12-15;1-14-12-18(16-10-6-3-7-11-16)19-13-17(14)15-8-4-2-5-9-15;1-14-7-5-6-10-17(14)16-11-12-18(19-13-16)15-8-3-2-4-9-15;1-3-7-14(8-4-1)16-11-12-17(13-16)15-9-5-2-6-10-15;1-9-6-7-14-8-10-4-2-3-5-11(10)12(14)13-9;4*1-2-6-10(7-3-1)11-8-4-5-9-12-11;;;;/h1-12H,13H2;2-10,12-13H,1H3;2-8,10-13H,1H3;1-9,11-13H;2-7H,8H2,1H3;4*1-6,8-9H;;;;/q+1;2*-1;-2;+1;4*-1;;;;+3/i;;;;;1D,2D,3D,4D,5D,6D,8D;;;;;;;. The number of anilines is 2. The van der Waals surface area contributed by atoms with E-state index in [4.69, 9.17) is 9.60 Å². The second-order valence-electron chi connectivity index (χ2n) is 31.0.